The second kappa shape index (κ2) is 3.44. The molecule has 16 heavy (non-hydrogen) atoms. The number of benzene rings is 1. The summed E-state index contributed by atoms with van der Waals surface area (Å²) >= 11 is 0. The molecule has 0 saturated heterocycles. The Hall–Kier alpha value is -1.64. The van der Waals surface area contributed by atoms with E-state index in [1.807, 2.05) is 13.8 Å². The normalized spacial score (nSPS) is 17.1. The highest BCUT2D eigenvalue weighted by Gasteiger charge is 2.37. The molecule has 2 rings (SSSR count). The van der Waals surface area contributed by atoms with Crippen LogP contribution in [-0.2, 0) is 11.2 Å². The van der Waals surface area contributed by atoms with Crippen molar-refractivity contribution in [2.45, 2.75) is 20.3 Å². The van der Waals surface area contributed by atoms with Gasteiger partial charge in [-0.05, 0) is 24.1 Å². The van der Waals surface area contributed by atoms with Gasteiger partial charge in [0.15, 0.2) is 5.78 Å². The van der Waals surface area contributed by atoms with Crippen molar-refractivity contribution in [3.05, 3.63) is 34.9 Å². The zero-order chi connectivity index (χ0) is 11.9. The van der Waals surface area contributed by atoms with E-state index in [2.05, 4.69) is 4.74 Å². The van der Waals surface area contributed by atoms with Crippen LogP contribution in [0.3, 0.4) is 0 Å². The molecule has 1 aromatic carbocycles. The van der Waals surface area contributed by atoms with Crippen molar-refractivity contribution in [2.24, 2.45) is 5.41 Å². The van der Waals surface area contributed by atoms with Crippen molar-refractivity contribution in [2.75, 3.05) is 7.11 Å². The Morgan fingerprint density at radius 2 is 2.06 bits per heavy atom. The van der Waals surface area contributed by atoms with E-state index in [1.165, 1.54) is 7.11 Å². The zero-order valence-electron chi connectivity index (χ0n) is 9.66. The minimum Gasteiger partial charge on any atom is -0.465 e. The molecule has 0 heterocycles. The highest BCUT2D eigenvalue weighted by atomic mass is 16.5. The minimum absolute atomic E-state index is 0.152. The van der Waals surface area contributed by atoms with Crippen LogP contribution in [0.5, 0.6) is 0 Å². The van der Waals surface area contributed by atoms with Crippen molar-refractivity contribution < 1.29 is 14.3 Å². The summed E-state index contributed by atoms with van der Waals surface area (Å²) in [6.07, 6.45) is 0.687. The summed E-state index contributed by atoms with van der Waals surface area (Å²) in [6, 6.07) is 5.12. The number of Topliss-reactive ketones (excluding diaryl/α,β-unsaturated/α-hetero) is 1. The molecule has 1 aliphatic carbocycles. The number of methoxy groups -OCH3 is 1. The van der Waals surface area contributed by atoms with Crippen molar-refractivity contribution in [3.63, 3.8) is 0 Å². The van der Waals surface area contributed by atoms with Gasteiger partial charge in [-0.2, -0.15) is 0 Å². The Morgan fingerprint density at radius 1 is 1.38 bits per heavy atom. The summed E-state index contributed by atoms with van der Waals surface area (Å²) < 4.78 is 4.65. The van der Waals surface area contributed by atoms with Crippen LogP contribution in [0, 0.1) is 5.41 Å². The lowest BCUT2D eigenvalue weighted by molar-refractivity contribution is 0.0600. The second-order valence-electron chi connectivity index (χ2n) is 4.75. The van der Waals surface area contributed by atoms with Gasteiger partial charge in [0.05, 0.1) is 12.7 Å². The van der Waals surface area contributed by atoms with Crippen LogP contribution in [0.4, 0.5) is 0 Å². The zero-order valence-corrected chi connectivity index (χ0v) is 9.66. The van der Waals surface area contributed by atoms with Gasteiger partial charge in [0.2, 0.25) is 0 Å². The van der Waals surface area contributed by atoms with E-state index >= 15 is 0 Å². The fourth-order valence-electron chi connectivity index (χ4n) is 2.13. The second-order valence-corrected chi connectivity index (χ2v) is 4.75. The Kier molecular flexibility index (Phi) is 2.34. The maximum Gasteiger partial charge on any atom is 0.337 e. The molecule has 3 nitrogen and oxygen atoms in total. The van der Waals surface area contributed by atoms with Gasteiger partial charge in [-0.15, -0.1) is 0 Å². The summed E-state index contributed by atoms with van der Waals surface area (Å²) in [4.78, 5) is 23.3. The Morgan fingerprint density at radius 3 is 2.69 bits per heavy atom. The van der Waals surface area contributed by atoms with Gasteiger partial charge >= 0.3 is 5.97 Å². The van der Waals surface area contributed by atoms with Crippen LogP contribution in [0.15, 0.2) is 18.2 Å². The highest BCUT2D eigenvalue weighted by molar-refractivity contribution is 6.05. The van der Waals surface area contributed by atoms with Gasteiger partial charge in [-0.25, -0.2) is 4.79 Å². The molecule has 0 aromatic heterocycles. The predicted molar refractivity (Wildman–Crippen MR) is 59.6 cm³/mol. The van der Waals surface area contributed by atoms with E-state index in [0.29, 0.717) is 12.0 Å². The first kappa shape index (κ1) is 10.9. The van der Waals surface area contributed by atoms with E-state index in [0.717, 1.165) is 11.1 Å². The van der Waals surface area contributed by atoms with Crippen LogP contribution in [0.25, 0.3) is 0 Å². The number of ether oxygens (including phenoxy) is 1. The number of carbonyl (C=O) groups excluding carboxylic acids is 2. The first-order valence-corrected chi connectivity index (χ1v) is 5.22. The molecule has 0 atom stereocenters. The molecule has 0 amide bonds. The Labute approximate surface area is 94.4 Å². The molecule has 0 N–H and O–H groups in total. The quantitative estimate of drug-likeness (QED) is 0.679. The number of rotatable bonds is 1. The maximum absolute atomic E-state index is 12.0. The molecule has 0 aliphatic heterocycles. The van der Waals surface area contributed by atoms with Gasteiger partial charge in [0, 0.05) is 11.0 Å². The van der Waals surface area contributed by atoms with Gasteiger partial charge in [-0.3, -0.25) is 4.79 Å². The molecule has 0 unspecified atom stereocenters. The molecule has 1 aromatic rings. The first-order valence-electron chi connectivity index (χ1n) is 5.22. The lowest BCUT2D eigenvalue weighted by atomic mass is 9.89. The molecular weight excluding hydrogens is 204 g/mol. The number of hydrogen-bond donors (Lipinski definition) is 0. The predicted octanol–water partition coefficient (Wildman–Crippen LogP) is 2.24. The molecule has 0 spiro atoms. The number of hydrogen-bond acceptors (Lipinski definition) is 3. The molecule has 3 heteroatoms. The molecule has 84 valence electrons. The largest absolute Gasteiger partial charge is 0.465 e. The topological polar surface area (TPSA) is 43.4 Å². The summed E-state index contributed by atoms with van der Waals surface area (Å²) in [5.74, 6) is -0.209. The average molecular weight is 218 g/mol. The summed E-state index contributed by atoms with van der Waals surface area (Å²) in [6.45, 7) is 3.85. The van der Waals surface area contributed by atoms with Crippen molar-refractivity contribution in [1.29, 1.82) is 0 Å². The van der Waals surface area contributed by atoms with Gasteiger partial charge in [0.25, 0.3) is 0 Å². The minimum atomic E-state index is -0.361. The average Bonchev–Trinajstić information content (AvgIpc) is 2.48. The number of esters is 1. The number of fused-ring (bicyclic) bond motifs is 1. The van der Waals surface area contributed by atoms with Crippen molar-refractivity contribution >= 4 is 11.8 Å². The highest BCUT2D eigenvalue weighted by Crippen LogP contribution is 2.36. The molecule has 0 bridgehead atoms. The van der Waals surface area contributed by atoms with Crippen LogP contribution in [0.2, 0.25) is 0 Å². The molecular formula is C13H14O3. The Bertz CT molecular complexity index is 472. The maximum atomic E-state index is 12.0. The summed E-state index contributed by atoms with van der Waals surface area (Å²) in [5.41, 5.74) is 1.83. The number of carbonyl (C=O) groups is 2. The Balaban J connectivity index is 2.45. The third-order valence-corrected chi connectivity index (χ3v) is 3.02. The third kappa shape index (κ3) is 1.52. The van der Waals surface area contributed by atoms with Crippen molar-refractivity contribution in [3.8, 4) is 0 Å². The monoisotopic (exact) mass is 218 g/mol. The van der Waals surface area contributed by atoms with E-state index in [1.54, 1.807) is 18.2 Å². The summed E-state index contributed by atoms with van der Waals surface area (Å²) in [5, 5.41) is 0. The van der Waals surface area contributed by atoms with Crippen LogP contribution < -0.4 is 0 Å². The van der Waals surface area contributed by atoms with Crippen LogP contribution >= 0.6 is 0 Å². The van der Waals surface area contributed by atoms with Gasteiger partial charge < -0.3 is 4.74 Å². The molecule has 0 radical (unpaired) electrons. The van der Waals surface area contributed by atoms with Gasteiger partial charge in [-0.1, -0.05) is 19.9 Å². The van der Waals surface area contributed by atoms with Crippen LogP contribution in [0.1, 0.15) is 40.1 Å². The summed E-state index contributed by atoms with van der Waals surface area (Å²) in [7, 11) is 1.35. The van der Waals surface area contributed by atoms with E-state index in [9.17, 15) is 9.59 Å². The molecule has 0 saturated carbocycles. The van der Waals surface area contributed by atoms with Gasteiger partial charge in [0.1, 0.15) is 0 Å². The molecule has 1 aliphatic rings. The van der Waals surface area contributed by atoms with E-state index in [4.69, 9.17) is 0 Å². The standard InChI is InChI=1S/C13H14O3/c1-13(2)7-9-6-8(12(15)16-3)4-5-10(9)11(13)14/h4-6H,7H2,1-3H3. The fourth-order valence-corrected chi connectivity index (χ4v) is 2.13. The lowest BCUT2D eigenvalue weighted by Gasteiger charge is -2.12. The first-order chi connectivity index (χ1) is 7.45. The lowest BCUT2D eigenvalue weighted by Crippen LogP contribution is -2.18. The number of ketones is 1. The smallest absolute Gasteiger partial charge is 0.337 e. The third-order valence-electron chi connectivity index (χ3n) is 3.02. The van der Waals surface area contributed by atoms with Crippen LogP contribution in [-0.4, -0.2) is 18.9 Å². The fraction of sp³-hybridized carbons (Fsp3) is 0.385. The van der Waals surface area contributed by atoms with E-state index < -0.39 is 0 Å². The van der Waals surface area contributed by atoms with E-state index in [-0.39, 0.29) is 17.2 Å². The molecule has 0 fully saturated rings. The van der Waals surface area contributed by atoms with Crippen molar-refractivity contribution in [1.82, 2.24) is 0 Å². The SMILES string of the molecule is COC(=O)c1ccc2c(c1)CC(C)(C)C2=O.